The lowest BCUT2D eigenvalue weighted by Crippen LogP contribution is -2.62. The van der Waals surface area contributed by atoms with Gasteiger partial charge in [-0.1, -0.05) is 18.2 Å². The molecule has 3 fully saturated rings. The van der Waals surface area contributed by atoms with Crippen molar-refractivity contribution in [2.24, 2.45) is 5.92 Å². The molecule has 1 aliphatic carbocycles. The Hall–Kier alpha value is -1.06. The SMILES string of the molecule is O[C@@H]1C[C@@H]2Nc3ccccc3[C@@]23CCN2CCC[C@@H]1[C@H]23. The van der Waals surface area contributed by atoms with Crippen molar-refractivity contribution in [1.29, 1.82) is 0 Å². The van der Waals surface area contributed by atoms with E-state index < -0.39 is 0 Å². The van der Waals surface area contributed by atoms with Crippen molar-refractivity contribution in [1.82, 2.24) is 4.90 Å². The minimum atomic E-state index is -0.124. The summed E-state index contributed by atoms with van der Waals surface area (Å²) in [5, 5.41) is 14.4. The number of hydrogen-bond donors (Lipinski definition) is 2. The second-order valence-corrected chi connectivity index (χ2v) is 7.12. The van der Waals surface area contributed by atoms with Gasteiger partial charge in [-0.25, -0.2) is 0 Å². The number of nitrogens with zero attached hydrogens (tertiary/aromatic N) is 1. The highest BCUT2D eigenvalue weighted by Gasteiger charge is 2.63. The standard InChI is InChI=1S/C17H22N2O/c20-14-10-15-17(12-5-1-2-6-13(12)18-15)7-9-19-8-3-4-11(14)16(17)19/h1-2,5-6,11,14-16,18,20H,3-4,7-10H2/t11-,14+,15-,16-,17-/m0/s1. The summed E-state index contributed by atoms with van der Waals surface area (Å²) in [7, 11) is 0. The monoisotopic (exact) mass is 270 g/mol. The highest BCUT2D eigenvalue weighted by atomic mass is 16.3. The van der Waals surface area contributed by atoms with Gasteiger partial charge < -0.3 is 10.4 Å². The third kappa shape index (κ3) is 1.20. The van der Waals surface area contributed by atoms with E-state index in [1.54, 1.807) is 0 Å². The average Bonchev–Trinajstić information content (AvgIpc) is 3.01. The van der Waals surface area contributed by atoms with Crippen molar-refractivity contribution in [3.63, 3.8) is 0 Å². The Morgan fingerprint density at radius 3 is 3.10 bits per heavy atom. The van der Waals surface area contributed by atoms with Gasteiger partial charge in [-0.3, -0.25) is 4.90 Å². The van der Waals surface area contributed by atoms with Crippen molar-refractivity contribution in [3.8, 4) is 0 Å². The van der Waals surface area contributed by atoms with Crippen LogP contribution < -0.4 is 5.32 Å². The van der Waals surface area contributed by atoms with E-state index in [0.29, 0.717) is 18.0 Å². The van der Waals surface area contributed by atoms with E-state index in [2.05, 4.69) is 34.5 Å². The maximum atomic E-state index is 10.6. The van der Waals surface area contributed by atoms with Gasteiger partial charge in [0.2, 0.25) is 0 Å². The maximum absolute atomic E-state index is 10.6. The first-order chi connectivity index (χ1) is 9.80. The van der Waals surface area contributed by atoms with Crippen LogP contribution in [0, 0.1) is 5.92 Å². The van der Waals surface area contributed by atoms with E-state index in [4.69, 9.17) is 0 Å². The van der Waals surface area contributed by atoms with Gasteiger partial charge in [0, 0.05) is 29.1 Å². The highest BCUT2D eigenvalue weighted by Crippen LogP contribution is 2.58. The van der Waals surface area contributed by atoms with Gasteiger partial charge in [-0.2, -0.15) is 0 Å². The molecular weight excluding hydrogens is 248 g/mol. The number of piperidine rings is 1. The van der Waals surface area contributed by atoms with Crippen molar-refractivity contribution >= 4 is 5.69 Å². The zero-order chi connectivity index (χ0) is 13.3. The molecule has 20 heavy (non-hydrogen) atoms. The molecule has 3 heteroatoms. The topological polar surface area (TPSA) is 35.5 Å². The maximum Gasteiger partial charge on any atom is 0.0603 e. The smallest absolute Gasteiger partial charge is 0.0603 e. The molecule has 5 rings (SSSR count). The summed E-state index contributed by atoms with van der Waals surface area (Å²) in [5.74, 6) is 0.482. The molecule has 0 bridgehead atoms. The molecule has 3 heterocycles. The largest absolute Gasteiger partial charge is 0.393 e. The second-order valence-electron chi connectivity index (χ2n) is 7.12. The number of anilines is 1. The number of para-hydroxylation sites is 1. The Morgan fingerprint density at radius 2 is 2.15 bits per heavy atom. The van der Waals surface area contributed by atoms with Crippen LogP contribution in [0.25, 0.3) is 0 Å². The van der Waals surface area contributed by atoms with Crippen LogP contribution in [0.2, 0.25) is 0 Å². The molecule has 4 aliphatic rings. The van der Waals surface area contributed by atoms with Gasteiger partial charge >= 0.3 is 0 Å². The van der Waals surface area contributed by atoms with Gasteiger partial charge in [0.1, 0.15) is 0 Å². The Morgan fingerprint density at radius 1 is 1.25 bits per heavy atom. The van der Waals surface area contributed by atoms with Crippen LogP contribution in [0.4, 0.5) is 5.69 Å². The number of aliphatic hydroxyl groups is 1. The summed E-state index contributed by atoms with van der Waals surface area (Å²) in [5.41, 5.74) is 3.11. The summed E-state index contributed by atoms with van der Waals surface area (Å²) in [4.78, 5) is 2.67. The summed E-state index contributed by atoms with van der Waals surface area (Å²) in [6.45, 7) is 2.44. The second kappa shape index (κ2) is 3.77. The number of hydrogen-bond acceptors (Lipinski definition) is 3. The van der Waals surface area contributed by atoms with Crippen LogP contribution in [0.1, 0.15) is 31.2 Å². The first-order valence-electron chi connectivity index (χ1n) is 8.09. The number of benzene rings is 1. The van der Waals surface area contributed by atoms with Gasteiger partial charge in [0.15, 0.2) is 0 Å². The summed E-state index contributed by atoms with van der Waals surface area (Å²) in [6.07, 6.45) is 4.52. The van der Waals surface area contributed by atoms with E-state index >= 15 is 0 Å². The number of fused-ring (bicyclic) bond motifs is 1. The molecule has 2 saturated heterocycles. The fourth-order valence-electron chi connectivity index (χ4n) is 5.81. The molecule has 0 radical (unpaired) electrons. The molecule has 3 nitrogen and oxygen atoms in total. The summed E-state index contributed by atoms with van der Waals surface area (Å²) < 4.78 is 0. The minimum absolute atomic E-state index is 0.124. The molecule has 0 amide bonds. The molecule has 1 aromatic rings. The molecular formula is C17H22N2O. The molecule has 1 spiro atoms. The highest BCUT2D eigenvalue weighted by molar-refractivity contribution is 5.64. The summed E-state index contributed by atoms with van der Waals surface area (Å²) >= 11 is 0. The number of aliphatic hydroxyl groups excluding tert-OH is 1. The number of nitrogens with one attached hydrogen (secondary N) is 1. The van der Waals surface area contributed by atoms with E-state index in [1.165, 1.54) is 43.6 Å². The molecule has 3 aliphatic heterocycles. The molecule has 1 saturated carbocycles. The van der Waals surface area contributed by atoms with Crippen LogP contribution in [-0.4, -0.2) is 41.3 Å². The molecule has 0 aromatic heterocycles. The Labute approximate surface area is 120 Å². The van der Waals surface area contributed by atoms with Crippen LogP contribution in [0.3, 0.4) is 0 Å². The fraction of sp³-hybridized carbons (Fsp3) is 0.647. The van der Waals surface area contributed by atoms with Gasteiger partial charge in [0.05, 0.1) is 6.10 Å². The molecule has 2 N–H and O–H groups in total. The predicted molar refractivity (Wildman–Crippen MR) is 78.9 cm³/mol. The zero-order valence-electron chi connectivity index (χ0n) is 11.8. The first kappa shape index (κ1) is 11.6. The first-order valence-corrected chi connectivity index (χ1v) is 8.09. The van der Waals surface area contributed by atoms with E-state index in [9.17, 15) is 5.11 Å². The lowest BCUT2D eigenvalue weighted by Gasteiger charge is -2.52. The Balaban J connectivity index is 1.71. The van der Waals surface area contributed by atoms with E-state index in [0.717, 1.165) is 6.42 Å². The molecule has 5 atom stereocenters. The molecule has 0 unspecified atom stereocenters. The Bertz CT molecular complexity index is 560. The average molecular weight is 270 g/mol. The third-order valence-corrected chi connectivity index (χ3v) is 6.47. The van der Waals surface area contributed by atoms with E-state index in [1.807, 2.05) is 0 Å². The minimum Gasteiger partial charge on any atom is -0.393 e. The van der Waals surface area contributed by atoms with Crippen molar-refractivity contribution < 1.29 is 5.11 Å². The lowest BCUT2D eigenvalue weighted by molar-refractivity contribution is -0.0384. The van der Waals surface area contributed by atoms with Crippen LogP contribution in [0.15, 0.2) is 24.3 Å². The van der Waals surface area contributed by atoms with Crippen LogP contribution >= 0.6 is 0 Å². The zero-order valence-corrected chi connectivity index (χ0v) is 11.8. The third-order valence-electron chi connectivity index (χ3n) is 6.47. The van der Waals surface area contributed by atoms with Crippen LogP contribution in [0.5, 0.6) is 0 Å². The normalized spacial score (nSPS) is 45.5. The molecule has 106 valence electrons. The van der Waals surface area contributed by atoms with E-state index in [-0.39, 0.29) is 11.5 Å². The van der Waals surface area contributed by atoms with Crippen molar-refractivity contribution in [3.05, 3.63) is 29.8 Å². The fourth-order valence-corrected chi connectivity index (χ4v) is 5.81. The van der Waals surface area contributed by atoms with Crippen LogP contribution in [-0.2, 0) is 5.41 Å². The lowest BCUT2D eigenvalue weighted by atomic mass is 9.59. The predicted octanol–water partition coefficient (Wildman–Crippen LogP) is 1.97. The summed E-state index contributed by atoms with van der Waals surface area (Å²) in [6, 6.07) is 9.84. The van der Waals surface area contributed by atoms with Gasteiger partial charge in [-0.05, 0) is 50.4 Å². The Kier molecular flexibility index (Phi) is 2.19. The quantitative estimate of drug-likeness (QED) is 0.756. The molecule has 1 aromatic carbocycles. The van der Waals surface area contributed by atoms with Gasteiger partial charge in [-0.15, -0.1) is 0 Å². The van der Waals surface area contributed by atoms with Crippen molar-refractivity contribution in [2.75, 3.05) is 18.4 Å². The number of rotatable bonds is 0. The van der Waals surface area contributed by atoms with Gasteiger partial charge in [0.25, 0.3) is 0 Å². The van der Waals surface area contributed by atoms with Crippen molar-refractivity contribution in [2.45, 2.75) is 49.3 Å².